The van der Waals surface area contributed by atoms with Gasteiger partial charge in [0.1, 0.15) is 16.1 Å². The van der Waals surface area contributed by atoms with Crippen molar-refractivity contribution in [1.29, 1.82) is 0 Å². The molecule has 0 aliphatic carbocycles. The number of rotatable bonds is 7. The molecule has 2 amide bonds. The van der Waals surface area contributed by atoms with Gasteiger partial charge < -0.3 is 15.5 Å². The van der Waals surface area contributed by atoms with E-state index in [1.807, 2.05) is 0 Å². The molecule has 0 radical (unpaired) electrons. The SMILES string of the molecule is CC(NC(=O)CCCN1C(=O)/C(=C/c2cc(Br)ccc2O)SC1=S)C(=O)O. The molecule has 1 aromatic carbocycles. The third-order valence-electron chi connectivity index (χ3n) is 3.68. The molecule has 1 heterocycles. The lowest BCUT2D eigenvalue weighted by Gasteiger charge is -2.14. The molecule has 0 spiro atoms. The number of nitrogens with zero attached hydrogens (tertiary/aromatic N) is 1. The van der Waals surface area contributed by atoms with E-state index >= 15 is 0 Å². The van der Waals surface area contributed by atoms with Gasteiger partial charge in [0, 0.05) is 23.0 Å². The number of carbonyl (C=O) groups excluding carboxylic acids is 2. The number of hydrogen-bond acceptors (Lipinski definition) is 6. The monoisotopic (exact) mass is 472 g/mol. The topological polar surface area (TPSA) is 107 Å². The van der Waals surface area contributed by atoms with E-state index in [2.05, 4.69) is 21.2 Å². The van der Waals surface area contributed by atoms with Crippen LogP contribution in [-0.4, -0.2) is 49.8 Å². The van der Waals surface area contributed by atoms with Crippen LogP contribution in [0.3, 0.4) is 0 Å². The standard InChI is InChI=1S/C17H17BrN2O5S2/c1-9(16(24)25)19-14(22)3-2-6-20-15(23)13(27-17(20)26)8-10-7-11(18)4-5-12(10)21/h4-5,7-9,21H,2-3,6H2,1H3,(H,19,22)(H,24,25)/b13-8-. The Morgan fingerprint density at radius 2 is 2.15 bits per heavy atom. The van der Waals surface area contributed by atoms with Crippen LogP contribution in [0.5, 0.6) is 5.75 Å². The van der Waals surface area contributed by atoms with Crippen LogP contribution in [0.25, 0.3) is 6.08 Å². The van der Waals surface area contributed by atoms with Gasteiger partial charge in [-0.05, 0) is 37.6 Å². The third kappa shape index (κ3) is 5.78. The van der Waals surface area contributed by atoms with Gasteiger partial charge in [-0.1, -0.05) is 39.9 Å². The van der Waals surface area contributed by atoms with Crippen LogP contribution >= 0.6 is 39.9 Å². The fraction of sp³-hybridized carbons (Fsp3) is 0.294. The lowest BCUT2D eigenvalue weighted by molar-refractivity contribution is -0.141. The summed E-state index contributed by atoms with van der Waals surface area (Å²) in [6.45, 7) is 1.63. The van der Waals surface area contributed by atoms with Gasteiger partial charge in [-0.3, -0.25) is 19.3 Å². The number of thioether (sulfide) groups is 1. The third-order valence-corrected chi connectivity index (χ3v) is 5.55. The highest BCUT2D eigenvalue weighted by molar-refractivity contribution is 9.10. The van der Waals surface area contributed by atoms with E-state index < -0.39 is 17.9 Å². The lowest BCUT2D eigenvalue weighted by atomic mass is 10.2. The Balaban J connectivity index is 1.96. The predicted octanol–water partition coefficient (Wildman–Crippen LogP) is 2.73. The van der Waals surface area contributed by atoms with Crippen LogP contribution in [0.2, 0.25) is 0 Å². The number of aromatic hydroxyl groups is 1. The number of hydrogen-bond donors (Lipinski definition) is 3. The van der Waals surface area contributed by atoms with Crippen molar-refractivity contribution < 1.29 is 24.6 Å². The van der Waals surface area contributed by atoms with E-state index in [4.69, 9.17) is 17.3 Å². The van der Waals surface area contributed by atoms with E-state index in [-0.39, 0.29) is 24.6 Å². The number of carboxylic acid groups (broad SMARTS) is 1. The van der Waals surface area contributed by atoms with Crippen molar-refractivity contribution in [3.8, 4) is 5.75 Å². The smallest absolute Gasteiger partial charge is 0.325 e. The van der Waals surface area contributed by atoms with E-state index in [1.54, 1.807) is 18.2 Å². The molecule has 1 saturated heterocycles. The first-order valence-electron chi connectivity index (χ1n) is 7.95. The first-order chi connectivity index (χ1) is 12.7. The maximum absolute atomic E-state index is 12.5. The molecule has 144 valence electrons. The van der Waals surface area contributed by atoms with Crippen LogP contribution in [-0.2, 0) is 14.4 Å². The quantitative estimate of drug-likeness (QED) is 0.413. The van der Waals surface area contributed by atoms with E-state index in [1.165, 1.54) is 17.9 Å². The number of phenolic OH excluding ortho intramolecular Hbond substituents is 1. The van der Waals surface area contributed by atoms with Crippen molar-refractivity contribution in [1.82, 2.24) is 10.2 Å². The van der Waals surface area contributed by atoms with Crippen LogP contribution in [0, 0.1) is 0 Å². The maximum atomic E-state index is 12.5. The number of aliphatic carboxylic acids is 1. The molecule has 10 heteroatoms. The summed E-state index contributed by atoms with van der Waals surface area (Å²) in [5, 5.41) is 21.0. The molecule has 1 aliphatic rings. The molecule has 3 N–H and O–H groups in total. The molecule has 1 unspecified atom stereocenters. The molecule has 27 heavy (non-hydrogen) atoms. The molecule has 0 aromatic heterocycles. The minimum atomic E-state index is -1.11. The fourth-order valence-electron chi connectivity index (χ4n) is 2.25. The van der Waals surface area contributed by atoms with Crippen molar-refractivity contribution >= 4 is 68.1 Å². The molecular weight excluding hydrogens is 456 g/mol. The highest BCUT2D eigenvalue weighted by Crippen LogP contribution is 2.34. The van der Waals surface area contributed by atoms with Gasteiger partial charge in [0.2, 0.25) is 5.91 Å². The van der Waals surface area contributed by atoms with Crippen molar-refractivity contribution in [3.63, 3.8) is 0 Å². The van der Waals surface area contributed by atoms with Gasteiger partial charge in [0.25, 0.3) is 5.91 Å². The van der Waals surface area contributed by atoms with E-state index in [9.17, 15) is 19.5 Å². The largest absolute Gasteiger partial charge is 0.507 e. The predicted molar refractivity (Wildman–Crippen MR) is 110 cm³/mol. The van der Waals surface area contributed by atoms with E-state index in [0.717, 1.165) is 16.2 Å². The number of thiocarbonyl (C=S) groups is 1. The Bertz CT molecular complexity index is 828. The fourth-order valence-corrected chi connectivity index (χ4v) is 3.93. The summed E-state index contributed by atoms with van der Waals surface area (Å²) in [5.41, 5.74) is 0.493. The van der Waals surface area contributed by atoms with E-state index in [0.29, 0.717) is 21.2 Å². The number of carboxylic acids is 1. The van der Waals surface area contributed by atoms with Crippen LogP contribution in [0.1, 0.15) is 25.3 Å². The van der Waals surface area contributed by atoms with Crippen LogP contribution in [0.15, 0.2) is 27.6 Å². The second kappa shape index (κ2) is 9.34. The number of nitrogens with one attached hydrogen (secondary N) is 1. The zero-order valence-corrected chi connectivity index (χ0v) is 17.5. The van der Waals surface area contributed by atoms with Crippen molar-refractivity contribution in [2.24, 2.45) is 0 Å². The van der Waals surface area contributed by atoms with Crippen LogP contribution < -0.4 is 5.32 Å². The average Bonchev–Trinajstić information content (AvgIpc) is 2.85. The lowest BCUT2D eigenvalue weighted by Crippen LogP contribution is -2.38. The summed E-state index contributed by atoms with van der Waals surface area (Å²) in [4.78, 5) is 36.8. The zero-order valence-electron chi connectivity index (χ0n) is 14.3. The minimum Gasteiger partial charge on any atom is -0.507 e. The number of halogens is 1. The molecule has 2 rings (SSSR count). The summed E-state index contributed by atoms with van der Waals surface area (Å²) < 4.78 is 1.14. The van der Waals surface area contributed by atoms with Gasteiger partial charge >= 0.3 is 5.97 Å². The number of benzene rings is 1. The Kier molecular flexibility index (Phi) is 7.40. The number of phenols is 1. The Morgan fingerprint density at radius 3 is 2.81 bits per heavy atom. The molecule has 7 nitrogen and oxygen atoms in total. The number of carbonyl (C=O) groups is 3. The number of amides is 2. The molecule has 1 aliphatic heterocycles. The average molecular weight is 473 g/mol. The molecule has 1 fully saturated rings. The van der Waals surface area contributed by atoms with Gasteiger partial charge in [0.15, 0.2) is 0 Å². The first kappa shape index (κ1) is 21.4. The van der Waals surface area contributed by atoms with Crippen molar-refractivity contribution in [3.05, 3.63) is 33.1 Å². The molecule has 1 atom stereocenters. The Hall–Kier alpha value is -1.91. The minimum absolute atomic E-state index is 0.0488. The van der Waals surface area contributed by atoms with Gasteiger partial charge in [-0.25, -0.2) is 0 Å². The first-order valence-corrected chi connectivity index (χ1v) is 9.97. The highest BCUT2D eigenvalue weighted by Gasteiger charge is 2.31. The molecule has 1 aromatic rings. The molecular formula is C17H17BrN2O5S2. The van der Waals surface area contributed by atoms with Gasteiger partial charge in [-0.15, -0.1) is 0 Å². The van der Waals surface area contributed by atoms with Crippen LogP contribution in [0.4, 0.5) is 0 Å². The normalized spacial score (nSPS) is 16.7. The summed E-state index contributed by atoms with van der Waals surface area (Å²) in [6, 6.07) is 3.94. The summed E-state index contributed by atoms with van der Waals surface area (Å²) in [5.74, 6) is -1.75. The molecule has 0 bridgehead atoms. The summed E-state index contributed by atoms with van der Waals surface area (Å²) in [7, 11) is 0. The van der Waals surface area contributed by atoms with Gasteiger partial charge in [0.05, 0.1) is 4.91 Å². The van der Waals surface area contributed by atoms with Gasteiger partial charge in [-0.2, -0.15) is 0 Å². The second-order valence-corrected chi connectivity index (χ2v) is 8.36. The maximum Gasteiger partial charge on any atom is 0.325 e. The molecule has 0 saturated carbocycles. The van der Waals surface area contributed by atoms with Crippen molar-refractivity contribution in [2.75, 3.05) is 6.54 Å². The Morgan fingerprint density at radius 1 is 1.44 bits per heavy atom. The summed E-state index contributed by atoms with van der Waals surface area (Å²) in [6.07, 6.45) is 2.00. The second-order valence-electron chi connectivity index (χ2n) is 5.77. The zero-order chi connectivity index (χ0) is 20.1. The summed E-state index contributed by atoms with van der Waals surface area (Å²) >= 11 is 9.67. The Labute approximate surface area is 173 Å². The highest BCUT2D eigenvalue weighted by atomic mass is 79.9. The van der Waals surface area contributed by atoms with Crippen molar-refractivity contribution in [2.45, 2.75) is 25.8 Å².